The van der Waals surface area contributed by atoms with Gasteiger partial charge in [0.25, 0.3) is 5.69 Å². The molecule has 1 aromatic heterocycles. The SMILES string of the molecule is Cc1cc(Sc2ccnc(C(=O)O)c2)c(Br)cc1[N+](=O)[O-]. The highest BCUT2D eigenvalue weighted by atomic mass is 79.9. The van der Waals surface area contributed by atoms with E-state index in [1.807, 2.05) is 0 Å². The van der Waals surface area contributed by atoms with Crippen LogP contribution >= 0.6 is 27.7 Å². The summed E-state index contributed by atoms with van der Waals surface area (Å²) < 4.78 is 0.582. The molecule has 1 aromatic carbocycles. The van der Waals surface area contributed by atoms with Gasteiger partial charge in [-0.05, 0) is 41.1 Å². The minimum Gasteiger partial charge on any atom is -0.477 e. The molecule has 1 heterocycles. The number of hydrogen-bond acceptors (Lipinski definition) is 5. The van der Waals surface area contributed by atoms with Gasteiger partial charge in [0, 0.05) is 32.1 Å². The molecular weight excluding hydrogens is 360 g/mol. The first-order chi connectivity index (χ1) is 9.88. The Bertz CT molecular complexity index is 736. The molecular formula is C13H9BrN2O4S. The molecule has 0 spiro atoms. The van der Waals surface area contributed by atoms with E-state index >= 15 is 0 Å². The number of carboxylic acid groups (broad SMARTS) is 1. The molecule has 0 aliphatic heterocycles. The topological polar surface area (TPSA) is 93.3 Å². The molecule has 1 N–H and O–H groups in total. The highest BCUT2D eigenvalue weighted by Gasteiger charge is 2.15. The second kappa shape index (κ2) is 6.23. The number of aryl methyl sites for hydroxylation is 1. The fourth-order valence-corrected chi connectivity index (χ4v) is 3.16. The molecule has 0 atom stereocenters. The van der Waals surface area contributed by atoms with Crippen LogP contribution in [0, 0.1) is 17.0 Å². The van der Waals surface area contributed by atoms with Crippen LogP contribution in [0.5, 0.6) is 0 Å². The third-order valence-corrected chi connectivity index (χ3v) is 4.59. The van der Waals surface area contributed by atoms with Gasteiger partial charge in [-0.1, -0.05) is 11.8 Å². The minimum absolute atomic E-state index is 0.0344. The standard InChI is InChI=1S/C13H9BrN2O4S/c1-7-4-12(9(14)6-11(7)16(19)20)21-8-2-3-15-10(5-8)13(17)18/h2-6H,1H3,(H,17,18). The Hall–Kier alpha value is -1.93. The lowest BCUT2D eigenvalue weighted by Crippen LogP contribution is -1.99. The lowest BCUT2D eigenvalue weighted by molar-refractivity contribution is -0.385. The van der Waals surface area contributed by atoms with Crippen LogP contribution in [0.2, 0.25) is 0 Å². The maximum Gasteiger partial charge on any atom is 0.354 e. The van der Waals surface area contributed by atoms with Gasteiger partial charge in [-0.25, -0.2) is 9.78 Å². The van der Waals surface area contributed by atoms with Crippen molar-refractivity contribution in [1.82, 2.24) is 4.98 Å². The van der Waals surface area contributed by atoms with Crippen molar-refractivity contribution in [3.63, 3.8) is 0 Å². The van der Waals surface area contributed by atoms with Crippen molar-refractivity contribution in [2.75, 3.05) is 0 Å². The van der Waals surface area contributed by atoms with Crippen LogP contribution in [0.15, 0.2) is 44.7 Å². The van der Waals surface area contributed by atoms with Crippen molar-refractivity contribution in [2.45, 2.75) is 16.7 Å². The van der Waals surface area contributed by atoms with Crippen molar-refractivity contribution in [3.05, 3.63) is 56.3 Å². The maximum atomic E-state index is 10.9. The number of aromatic nitrogens is 1. The number of carbonyl (C=O) groups is 1. The van der Waals surface area contributed by atoms with Crippen LogP contribution in [-0.2, 0) is 0 Å². The zero-order valence-electron chi connectivity index (χ0n) is 10.7. The Morgan fingerprint density at radius 2 is 2.14 bits per heavy atom. The van der Waals surface area contributed by atoms with Gasteiger partial charge in [-0.3, -0.25) is 10.1 Å². The number of rotatable bonds is 4. The van der Waals surface area contributed by atoms with Gasteiger partial charge in [-0.2, -0.15) is 0 Å². The first-order valence-corrected chi connectivity index (χ1v) is 7.31. The van der Waals surface area contributed by atoms with Gasteiger partial charge in [0.15, 0.2) is 0 Å². The Kier molecular flexibility index (Phi) is 4.59. The third-order valence-electron chi connectivity index (χ3n) is 2.63. The maximum absolute atomic E-state index is 10.9. The molecule has 2 rings (SSSR count). The van der Waals surface area contributed by atoms with Crippen molar-refractivity contribution in [3.8, 4) is 0 Å². The average molecular weight is 369 g/mol. The van der Waals surface area contributed by atoms with Crippen molar-refractivity contribution >= 4 is 39.3 Å². The molecule has 0 aliphatic rings. The van der Waals surface area contributed by atoms with E-state index < -0.39 is 10.9 Å². The largest absolute Gasteiger partial charge is 0.477 e. The summed E-state index contributed by atoms with van der Waals surface area (Å²) in [6, 6.07) is 6.27. The first kappa shape index (κ1) is 15.5. The second-order valence-corrected chi connectivity index (χ2v) is 6.08. The van der Waals surface area contributed by atoms with E-state index in [9.17, 15) is 14.9 Å². The molecule has 8 heteroatoms. The summed E-state index contributed by atoms with van der Waals surface area (Å²) in [5, 5.41) is 19.8. The quantitative estimate of drug-likeness (QED) is 0.649. The number of halogens is 1. The highest BCUT2D eigenvalue weighted by Crippen LogP contribution is 2.37. The summed E-state index contributed by atoms with van der Waals surface area (Å²) in [4.78, 5) is 26.5. The summed E-state index contributed by atoms with van der Waals surface area (Å²) in [7, 11) is 0. The van der Waals surface area contributed by atoms with E-state index in [1.54, 1.807) is 19.1 Å². The second-order valence-electron chi connectivity index (χ2n) is 4.11. The lowest BCUT2D eigenvalue weighted by Gasteiger charge is -2.07. The summed E-state index contributed by atoms with van der Waals surface area (Å²) in [6.45, 7) is 1.66. The number of nitro groups is 1. The molecule has 0 radical (unpaired) electrons. The fraction of sp³-hybridized carbons (Fsp3) is 0.0769. The zero-order valence-corrected chi connectivity index (χ0v) is 13.1. The molecule has 0 amide bonds. The van der Waals surface area contributed by atoms with Crippen molar-refractivity contribution in [2.24, 2.45) is 0 Å². The van der Waals surface area contributed by atoms with Crippen molar-refractivity contribution < 1.29 is 14.8 Å². The van der Waals surface area contributed by atoms with E-state index in [0.29, 0.717) is 14.9 Å². The van der Waals surface area contributed by atoms with Gasteiger partial charge in [0.2, 0.25) is 0 Å². The van der Waals surface area contributed by atoms with Crippen LogP contribution in [0.4, 0.5) is 5.69 Å². The van der Waals surface area contributed by atoms with E-state index in [4.69, 9.17) is 5.11 Å². The molecule has 0 bridgehead atoms. The molecule has 108 valence electrons. The van der Waals surface area contributed by atoms with Crippen molar-refractivity contribution in [1.29, 1.82) is 0 Å². The molecule has 2 aromatic rings. The summed E-state index contributed by atoms with van der Waals surface area (Å²) in [6.07, 6.45) is 1.41. The number of nitro benzene ring substituents is 1. The Balaban J connectivity index is 2.36. The Labute approximate surface area is 132 Å². The number of pyridine rings is 1. The minimum atomic E-state index is -1.10. The predicted molar refractivity (Wildman–Crippen MR) is 80.9 cm³/mol. The van der Waals surface area contributed by atoms with Crippen LogP contribution in [0.1, 0.15) is 16.1 Å². The number of carboxylic acids is 1. The van der Waals surface area contributed by atoms with Gasteiger partial charge >= 0.3 is 5.97 Å². The summed E-state index contributed by atoms with van der Waals surface area (Å²) >= 11 is 4.60. The van der Waals surface area contributed by atoms with Gasteiger partial charge in [0.05, 0.1) is 4.92 Å². The third kappa shape index (κ3) is 3.59. The zero-order chi connectivity index (χ0) is 15.6. The Morgan fingerprint density at radius 1 is 1.43 bits per heavy atom. The van der Waals surface area contributed by atoms with Crippen LogP contribution in [0.25, 0.3) is 0 Å². The molecule has 21 heavy (non-hydrogen) atoms. The Morgan fingerprint density at radius 3 is 2.76 bits per heavy atom. The van der Waals surface area contributed by atoms with E-state index in [1.165, 1.54) is 30.1 Å². The highest BCUT2D eigenvalue weighted by molar-refractivity contribution is 9.10. The number of hydrogen-bond donors (Lipinski definition) is 1. The van der Waals surface area contributed by atoms with E-state index in [2.05, 4.69) is 20.9 Å². The lowest BCUT2D eigenvalue weighted by atomic mass is 10.2. The molecule has 0 saturated carbocycles. The number of nitrogens with zero attached hydrogens (tertiary/aromatic N) is 2. The number of benzene rings is 1. The van der Waals surface area contributed by atoms with Crippen LogP contribution < -0.4 is 0 Å². The molecule has 0 saturated heterocycles. The summed E-state index contributed by atoms with van der Waals surface area (Å²) in [5.74, 6) is -1.10. The smallest absolute Gasteiger partial charge is 0.354 e. The normalized spacial score (nSPS) is 10.4. The molecule has 6 nitrogen and oxygen atoms in total. The molecule has 0 unspecified atom stereocenters. The van der Waals surface area contributed by atoms with Gasteiger partial charge in [-0.15, -0.1) is 0 Å². The first-order valence-electron chi connectivity index (χ1n) is 5.70. The fourth-order valence-electron chi connectivity index (χ4n) is 1.64. The molecule has 0 fully saturated rings. The summed E-state index contributed by atoms with van der Waals surface area (Å²) in [5.41, 5.74) is 0.528. The number of aromatic carboxylic acids is 1. The average Bonchev–Trinajstić information content (AvgIpc) is 2.42. The van der Waals surface area contributed by atoms with E-state index in [0.717, 1.165) is 4.90 Å². The van der Waals surface area contributed by atoms with Crippen LogP contribution in [-0.4, -0.2) is 21.0 Å². The van der Waals surface area contributed by atoms with Gasteiger partial charge in [0.1, 0.15) is 5.69 Å². The predicted octanol–water partition coefficient (Wildman–Crippen LogP) is 3.91. The van der Waals surface area contributed by atoms with Gasteiger partial charge < -0.3 is 5.11 Å². The van der Waals surface area contributed by atoms with E-state index in [-0.39, 0.29) is 11.4 Å². The van der Waals surface area contributed by atoms with Crippen LogP contribution in [0.3, 0.4) is 0 Å². The molecule has 0 aliphatic carbocycles. The monoisotopic (exact) mass is 368 g/mol.